The standard InChI is InChI=1S/C21H18ClFN2OS/c22-15-6-7-18(17(23)12-15)24-20(26)13-25-10-8-19-16(9-11-27-19)21(25)14-4-2-1-3-5-14/h1-7,9,11-12,21H,8,10,13H2,(H,24,26). The first-order valence-corrected chi connectivity index (χ1v) is 9.98. The molecule has 3 nitrogen and oxygen atoms in total. The Morgan fingerprint density at radius 2 is 2.04 bits per heavy atom. The van der Waals surface area contributed by atoms with Gasteiger partial charge in [0.25, 0.3) is 0 Å². The Labute approximate surface area is 166 Å². The van der Waals surface area contributed by atoms with Crippen LogP contribution in [0.5, 0.6) is 0 Å². The molecule has 1 aliphatic rings. The summed E-state index contributed by atoms with van der Waals surface area (Å²) in [6.45, 7) is 0.973. The minimum atomic E-state index is -0.533. The molecule has 0 radical (unpaired) electrons. The molecule has 0 saturated heterocycles. The largest absolute Gasteiger partial charge is 0.322 e. The number of nitrogens with one attached hydrogen (secondary N) is 1. The van der Waals surface area contributed by atoms with Crippen molar-refractivity contribution >= 4 is 34.5 Å². The monoisotopic (exact) mass is 400 g/mol. The van der Waals surface area contributed by atoms with Crippen LogP contribution < -0.4 is 5.32 Å². The highest BCUT2D eigenvalue weighted by molar-refractivity contribution is 7.10. The van der Waals surface area contributed by atoms with Crippen LogP contribution in [0.4, 0.5) is 10.1 Å². The number of thiophene rings is 1. The van der Waals surface area contributed by atoms with Gasteiger partial charge in [0.2, 0.25) is 5.91 Å². The highest BCUT2D eigenvalue weighted by Gasteiger charge is 2.30. The highest BCUT2D eigenvalue weighted by Crippen LogP contribution is 2.37. The molecular weight excluding hydrogens is 383 g/mol. The zero-order valence-electron chi connectivity index (χ0n) is 14.5. The van der Waals surface area contributed by atoms with Crippen LogP contribution in [0.2, 0.25) is 5.02 Å². The van der Waals surface area contributed by atoms with Gasteiger partial charge in [-0.05, 0) is 47.2 Å². The molecule has 0 bridgehead atoms. The lowest BCUT2D eigenvalue weighted by Crippen LogP contribution is -2.40. The van der Waals surface area contributed by atoms with Gasteiger partial charge in [-0.1, -0.05) is 41.9 Å². The van der Waals surface area contributed by atoms with Gasteiger partial charge in [-0.25, -0.2) is 4.39 Å². The quantitative estimate of drug-likeness (QED) is 0.658. The third-order valence-electron chi connectivity index (χ3n) is 4.73. The maximum Gasteiger partial charge on any atom is 0.238 e. The lowest BCUT2D eigenvalue weighted by Gasteiger charge is -2.35. The van der Waals surface area contributed by atoms with Crippen LogP contribution in [-0.2, 0) is 11.2 Å². The zero-order chi connectivity index (χ0) is 18.8. The number of hydrogen-bond donors (Lipinski definition) is 1. The van der Waals surface area contributed by atoms with Crippen molar-refractivity contribution in [3.05, 3.63) is 86.8 Å². The average Bonchev–Trinajstić information content (AvgIpc) is 3.13. The van der Waals surface area contributed by atoms with Gasteiger partial charge in [-0.15, -0.1) is 11.3 Å². The van der Waals surface area contributed by atoms with Crippen LogP contribution in [0, 0.1) is 5.82 Å². The van der Waals surface area contributed by atoms with Gasteiger partial charge in [0.15, 0.2) is 0 Å². The van der Waals surface area contributed by atoms with E-state index < -0.39 is 5.82 Å². The molecule has 4 rings (SSSR count). The molecule has 1 atom stereocenters. The summed E-state index contributed by atoms with van der Waals surface area (Å²) in [5.41, 5.74) is 2.55. The zero-order valence-corrected chi connectivity index (χ0v) is 16.1. The Kier molecular flexibility index (Phi) is 5.25. The van der Waals surface area contributed by atoms with Gasteiger partial charge in [-0.3, -0.25) is 9.69 Å². The first-order valence-electron chi connectivity index (χ1n) is 8.72. The summed E-state index contributed by atoms with van der Waals surface area (Å²) in [4.78, 5) is 16.1. The van der Waals surface area contributed by atoms with E-state index in [0.29, 0.717) is 5.02 Å². The van der Waals surface area contributed by atoms with Crippen molar-refractivity contribution in [2.24, 2.45) is 0 Å². The van der Waals surface area contributed by atoms with Crippen LogP contribution in [0.15, 0.2) is 60.0 Å². The summed E-state index contributed by atoms with van der Waals surface area (Å²) in [6, 6.07) is 16.6. The number of anilines is 1. The Morgan fingerprint density at radius 1 is 1.22 bits per heavy atom. The number of nitrogens with zero attached hydrogens (tertiary/aromatic N) is 1. The molecule has 0 saturated carbocycles. The number of amides is 1. The predicted octanol–water partition coefficient (Wildman–Crippen LogP) is 5.13. The fraction of sp³-hybridized carbons (Fsp3) is 0.190. The van der Waals surface area contributed by atoms with Gasteiger partial charge in [0, 0.05) is 16.4 Å². The number of fused-ring (bicyclic) bond motifs is 1. The van der Waals surface area contributed by atoms with Crippen molar-refractivity contribution in [1.82, 2.24) is 4.90 Å². The van der Waals surface area contributed by atoms with Gasteiger partial charge < -0.3 is 5.32 Å². The molecule has 1 aliphatic heterocycles. The summed E-state index contributed by atoms with van der Waals surface area (Å²) < 4.78 is 14.0. The summed E-state index contributed by atoms with van der Waals surface area (Å²) >= 11 is 7.53. The molecule has 1 aromatic heterocycles. The maximum absolute atomic E-state index is 14.0. The number of halogens is 2. The first kappa shape index (κ1) is 18.2. The highest BCUT2D eigenvalue weighted by atomic mass is 35.5. The summed E-state index contributed by atoms with van der Waals surface area (Å²) in [6.07, 6.45) is 0.916. The molecule has 138 valence electrons. The lowest BCUT2D eigenvalue weighted by molar-refractivity contribution is -0.117. The summed E-state index contributed by atoms with van der Waals surface area (Å²) in [5.74, 6) is -0.773. The van der Waals surface area contributed by atoms with E-state index in [1.807, 2.05) is 18.2 Å². The number of hydrogen-bond acceptors (Lipinski definition) is 3. The minimum Gasteiger partial charge on any atom is -0.322 e. The molecular formula is C21H18ClFN2OS. The minimum absolute atomic E-state index is 0.0296. The van der Waals surface area contributed by atoms with E-state index in [0.717, 1.165) is 18.5 Å². The molecule has 1 amide bonds. The predicted molar refractivity (Wildman–Crippen MR) is 108 cm³/mol. The van der Waals surface area contributed by atoms with Gasteiger partial charge in [0.1, 0.15) is 5.82 Å². The van der Waals surface area contributed by atoms with E-state index in [2.05, 4.69) is 33.8 Å². The molecule has 0 fully saturated rings. The molecule has 6 heteroatoms. The van der Waals surface area contributed by atoms with Crippen LogP contribution in [0.3, 0.4) is 0 Å². The van der Waals surface area contributed by atoms with Crippen molar-refractivity contribution in [2.75, 3.05) is 18.4 Å². The summed E-state index contributed by atoms with van der Waals surface area (Å²) in [7, 11) is 0. The first-order chi connectivity index (χ1) is 13.1. The number of carbonyl (C=O) groups excluding carboxylic acids is 1. The molecule has 0 spiro atoms. The normalized spacial score (nSPS) is 16.7. The van der Waals surface area contributed by atoms with Crippen molar-refractivity contribution in [1.29, 1.82) is 0 Å². The molecule has 3 aromatic rings. The second-order valence-electron chi connectivity index (χ2n) is 6.51. The van der Waals surface area contributed by atoms with Gasteiger partial charge >= 0.3 is 0 Å². The van der Waals surface area contributed by atoms with Crippen LogP contribution in [-0.4, -0.2) is 23.9 Å². The Balaban J connectivity index is 1.56. The second kappa shape index (κ2) is 7.80. The van der Waals surface area contributed by atoms with E-state index in [1.54, 1.807) is 17.4 Å². The van der Waals surface area contributed by atoms with E-state index in [9.17, 15) is 9.18 Å². The van der Waals surface area contributed by atoms with Crippen molar-refractivity contribution in [2.45, 2.75) is 12.5 Å². The smallest absolute Gasteiger partial charge is 0.238 e. The van der Waals surface area contributed by atoms with E-state index in [-0.39, 0.29) is 24.2 Å². The summed E-state index contributed by atoms with van der Waals surface area (Å²) in [5, 5.41) is 5.07. The molecule has 2 heterocycles. The average molecular weight is 401 g/mol. The maximum atomic E-state index is 14.0. The van der Waals surface area contributed by atoms with E-state index in [1.165, 1.54) is 22.6 Å². The third-order valence-corrected chi connectivity index (χ3v) is 5.96. The topological polar surface area (TPSA) is 32.3 Å². The van der Waals surface area contributed by atoms with Crippen LogP contribution in [0.25, 0.3) is 0 Å². The Hall–Kier alpha value is -2.21. The Morgan fingerprint density at radius 3 is 2.81 bits per heavy atom. The third kappa shape index (κ3) is 3.90. The fourth-order valence-corrected chi connectivity index (χ4v) is 4.59. The molecule has 1 unspecified atom stereocenters. The molecule has 1 N–H and O–H groups in total. The van der Waals surface area contributed by atoms with Crippen molar-refractivity contribution < 1.29 is 9.18 Å². The van der Waals surface area contributed by atoms with Crippen molar-refractivity contribution in [3.63, 3.8) is 0 Å². The number of carbonyl (C=O) groups is 1. The van der Waals surface area contributed by atoms with Crippen LogP contribution >= 0.6 is 22.9 Å². The van der Waals surface area contributed by atoms with Gasteiger partial charge in [-0.2, -0.15) is 0 Å². The van der Waals surface area contributed by atoms with Crippen molar-refractivity contribution in [3.8, 4) is 0 Å². The van der Waals surface area contributed by atoms with E-state index in [4.69, 9.17) is 11.6 Å². The lowest BCUT2D eigenvalue weighted by atomic mass is 9.93. The number of benzene rings is 2. The molecule has 27 heavy (non-hydrogen) atoms. The molecule has 2 aromatic carbocycles. The van der Waals surface area contributed by atoms with E-state index >= 15 is 0 Å². The molecule has 0 aliphatic carbocycles. The number of rotatable bonds is 4. The SMILES string of the molecule is O=C(CN1CCc2sccc2C1c1ccccc1)Nc1ccc(Cl)cc1F. The van der Waals surface area contributed by atoms with Gasteiger partial charge in [0.05, 0.1) is 18.3 Å². The van der Waals surface area contributed by atoms with Crippen LogP contribution in [0.1, 0.15) is 22.0 Å². The fourth-order valence-electron chi connectivity index (χ4n) is 3.53. The second-order valence-corrected chi connectivity index (χ2v) is 7.94. The Bertz CT molecular complexity index is 960.